The van der Waals surface area contributed by atoms with Gasteiger partial charge in [-0.15, -0.1) is 6.58 Å². The Morgan fingerprint density at radius 2 is 2.15 bits per heavy atom. The highest BCUT2D eigenvalue weighted by molar-refractivity contribution is 9.10. The lowest BCUT2D eigenvalue weighted by molar-refractivity contribution is 0.160. The highest BCUT2D eigenvalue weighted by Gasteiger charge is 2.27. The second-order valence-corrected chi connectivity index (χ2v) is 5.81. The normalized spacial score (nSPS) is 17.9. The third-order valence-corrected chi connectivity index (χ3v) is 4.32. The molecule has 0 aromatic heterocycles. The Kier molecular flexibility index (Phi) is 5.57. The van der Waals surface area contributed by atoms with Gasteiger partial charge in [0.25, 0.3) is 0 Å². The van der Waals surface area contributed by atoms with Crippen LogP contribution in [0, 0.1) is 5.82 Å². The van der Waals surface area contributed by atoms with Crippen molar-refractivity contribution in [3.63, 3.8) is 0 Å². The molecule has 0 spiro atoms. The first kappa shape index (κ1) is 15.5. The molecule has 1 aromatic rings. The zero-order valence-corrected chi connectivity index (χ0v) is 13.0. The molecule has 0 saturated carbocycles. The van der Waals surface area contributed by atoms with Crippen LogP contribution >= 0.6 is 15.9 Å². The summed E-state index contributed by atoms with van der Waals surface area (Å²) in [6.45, 7) is 7.23. The molecule has 1 fully saturated rings. The van der Waals surface area contributed by atoms with Gasteiger partial charge in [-0.2, -0.15) is 0 Å². The summed E-state index contributed by atoms with van der Waals surface area (Å²) in [5.74, 6) is -0.337. The minimum atomic E-state index is -0.349. The van der Waals surface area contributed by atoms with Crippen LogP contribution in [0.2, 0.25) is 0 Å². The largest absolute Gasteiger partial charge is 0.506 e. The highest BCUT2D eigenvalue weighted by Crippen LogP contribution is 2.38. The molecule has 0 amide bonds. The quantitative estimate of drug-likeness (QED) is 0.806. The summed E-state index contributed by atoms with van der Waals surface area (Å²) in [5, 5.41) is 13.5. The molecular formula is C15H20BrFN2O. The van der Waals surface area contributed by atoms with E-state index >= 15 is 0 Å². The van der Waals surface area contributed by atoms with Crippen molar-refractivity contribution in [1.29, 1.82) is 0 Å². The van der Waals surface area contributed by atoms with Gasteiger partial charge in [0.1, 0.15) is 11.6 Å². The Morgan fingerprint density at radius 1 is 1.45 bits per heavy atom. The third-order valence-electron chi connectivity index (χ3n) is 3.68. The molecule has 20 heavy (non-hydrogen) atoms. The molecule has 1 aliphatic heterocycles. The van der Waals surface area contributed by atoms with Gasteiger partial charge >= 0.3 is 0 Å². The molecule has 1 aliphatic rings. The molecule has 1 heterocycles. The average Bonchev–Trinajstić information content (AvgIpc) is 2.47. The van der Waals surface area contributed by atoms with Gasteiger partial charge in [0.15, 0.2) is 0 Å². The number of rotatable bonds is 5. The second kappa shape index (κ2) is 7.20. The van der Waals surface area contributed by atoms with Gasteiger partial charge in [0.05, 0.1) is 4.47 Å². The first-order valence-electron chi connectivity index (χ1n) is 6.87. The number of halogens is 2. The molecule has 2 N–H and O–H groups in total. The van der Waals surface area contributed by atoms with Crippen molar-refractivity contribution in [1.82, 2.24) is 10.2 Å². The molecule has 0 bridgehead atoms. The molecule has 5 heteroatoms. The van der Waals surface area contributed by atoms with Crippen LogP contribution in [0.25, 0.3) is 0 Å². The fourth-order valence-electron chi connectivity index (χ4n) is 2.65. The first-order valence-corrected chi connectivity index (χ1v) is 7.67. The van der Waals surface area contributed by atoms with Gasteiger partial charge in [-0.25, -0.2) is 4.39 Å². The summed E-state index contributed by atoms with van der Waals surface area (Å²) in [6.07, 6.45) is 3.38. The van der Waals surface area contributed by atoms with Crippen LogP contribution in [0.5, 0.6) is 5.75 Å². The van der Waals surface area contributed by atoms with E-state index in [1.807, 2.05) is 6.08 Å². The number of piperazine rings is 1. The lowest BCUT2D eigenvalue weighted by Crippen LogP contribution is -2.45. The van der Waals surface area contributed by atoms with Crippen LogP contribution in [-0.2, 0) is 0 Å². The molecule has 1 saturated heterocycles. The molecule has 2 rings (SSSR count). The number of allylic oxidation sites excluding steroid dienone is 1. The minimum absolute atomic E-state index is 0.0117. The van der Waals surface area contributed by atoms with E-state index in [9.17, 15) is 9.50 Å². The van der Waals surface area contributed by atoms with E-state index in [-0.39, 0.29) is 17.6 Å². The predicted octanol–water partition coefficient (Wildman–Crippen LogP) is 3.21. The number of aromatic hydroxyl groups is 1. The van der Waals surface area contributed by atoms with E-state index in [1.165, 1.54) is 12.1 Å². The van der Waals surface area contributed by atoms with E-state index < -0.39 is 0 Å². The lowest BCUT2D eigenvalue weighted by Gasteiger charge is -2.35. The van der Waals surface area contributed by atoms with Crippen molar-refractivity contribution in [3.05, 3.63) is 40.6 Å². The summed E-state index contributed by atoms with van der Waals surface area (Å²) in [5.41, 5.74) is 0.392. The Balaban J connectivity index is 2.34. The van der Waals surface area contributed by atoms with Gasteiger partial charge in [-0.1, -0.05) is 6.08 Å². The van der Waals surface area contributed by atoms with Crippen molar-refractivity contribution in [2.45, 2.75) is 18.9 Å². The van der Waals surface area contributed by atoms with Gasteiger partial charge in [-0.05, 0) is 40.9 Å². The average molecular weight is 343 g/mol. The van der Waals surface area contributed by atoms with Crippen LogP contribution < -0.4 is 5.32 Å². The van der Waals surface area contributed by atoms with Crippen LogP contribution in [0.4, 0.5) is 4.39 Å². The zero-order chi connectivity index (χ0) is 14.5. The number of hydrogen-bond donors (Lipinski definition) is 2. The fourth-order valence-corrected chi connectivity index (χ4v) is 3.00. The van der Waals surface area contributed by atoms with E-state index in [0.29, 0.717) is 10.0 Å². The first-order chi connectivity index (χ1) is 9.65. The molecule has 1 atom stereocenters. The minimum Gasteiger partial charge on any atom is -0.506 e. The number of hydrogen-bond acceptors (Lipinski definition) is 3. The van der Waals surface area contributed by atoms with E-state index in [4.69, 9.17) is 0 Å². The van der Waals surface area contributed by atoms with Crippen molar-refractivity contribution >= 4 is 15.9 Å². The SMILES string of the molecule is C=CCC[C@@H](c1c(F)ccc(Br)c1O)N1CCNCC1. The molecule has 0 radical (unpaired) electrons. The molecule has 3 nitrogen and oxygen atoms in total. The van der Waals surface area contributed by atoms with Gasteiger partial charge < -0.3 is 10.4 Å². The highest BCUT2D eigenvalue weighted by atomic mass is 79.9. The third kappa shape index (κ3) is 3.40. The lowest BCUT2D eigenvalue weighted by atomic mass is 9.98. The summed E-state index contributed by atoms with van der Waals surface area (Å²) in [6, 6.07) is 2.83. The number of phenolic OH excluding ortho intramolecular Hbond substituents is 1. The second-order valence-electron chi connectivity index (χ2n) is 4.96. The van der Waals surface area contributed by atoms with Crippen LogP contribution in [-0.4, -0.2) is 36.2 Å². The maximum atomic E-state index is 14.2. The maximum Gasteiger partial charge on any atom is 0.137 e. The molecule has 110 valence electrons. The fraction of sp³-hybridized carbons (Fsp3) is 0.467. The predicted molar refractivity (Wildman–Crippen MR) is 82.4 cm³/mol. The van der Waals surface area contributed by atoms with E-state index in [1.54, 1.807) is 0 Å². The number of benzene rings is 1. The monoisotopic (exact) mass is 342 g/mol. The van der Waals surface area contributed by atoms with Gasteiger partial charge in [-0.3, -0.25) is 4.90 Å². The van der Waals surface area contributed by atoms with Gasteiger partial charge in [0, 0.05) is 37.8 Å². The maximum absolute atomic E-state index is 14.2. The standard InChI is InChI=1S/C15H20BrFN2O/c1-2-3-4-13(19-9-7-18-8-10-19)14-12(17)6-5-11(16)15(14)20/h2,5-6,13,18,20H,1,3-4,7-10H2/t13-/m0/s1. The summed E-state index contributed by atoms with van der Waals surface area (Å²) in [4.78, 5) is 2.23. The number of nitrogens with zero attached hydrogens (tertiary/aromatic N) is 1. The van der Waals surface area contributed by atoms with Crippen LogP contribution in [0.3, 0.4) is 0 Å². The van der Waals surface area contributed by atoms with Crippen molar-refractivity contribution in [2.24, 2.45) is 0 Å². The molecule has 0 unspecified atom stereocenters. The molecule has 1 aromatic carbocycles. The van der Waals surface area contributed by atoms with E-state index in [2.05, 4.69) is 32.7 Å². The van der Waals surface area contributed by atoms with Crippen LogP contribution in [0.1, 0.15) is 24.4 Å². The molecule has 0 aliphatic carbocycles. The van der Waals surface area contributed by atoms with E-state index in [0.717, 1.165) is 39.0 Å². The Bertz CT molecular complexity index is 475. The molecular weight excluding hydrogens is 323 g/mol. The summed E-state index contributed by atoms with van der Waals surface area (Å²) in [7, 11) is 0. The number of phenols is 1. The van der Waals surface area contributed by atoms with Crippen molar-refractivity contribution in [2.75, 3.05) is 26.2 Å². The smallest absolute Gasteiger partial charge is 0.137 e. The van der Waals surface area contributed by atoms with Gasteiger partial charge in [0.2, 0.25) is 0 Å². The Morgan fingerprint density at radius 3 is 2.80 bits per heavy atom. The Hall–Kier alpha value is -0.910. The Labute approximate surface area is 127 Å². The summed E-state index contributed by atoms with van der Waals surface area (Å²) < 4.78 is 14.7. The topological polar surface area (TPSA) is 35.5 Å². The zero-order valence-electron chi connectivity index (χ0n) is 11.4. The van der Waals surface area contributed by atoms with Crippen molar-refractivity contribution in [3.8, 4) is 5.75 Å². The number of nitrogens with one attached hydrogen (secondary N) is 1. The van der Waals surface area contributed by atoms with Crippen molar-refractivity contribution < 1.29 is 9.50 Å². The summed E-state index contributed by atoms with van der Waals surface area (Å²) >= 11 is 3.27. The van der Waals surface area contributed by atoms with Crippen LogP contribution in [0.15, 0.2) is 29.3 Å².